The second-order valence-electron chi connectivity index (χ2n) is 4.14. The predicted octanol–water partition coefficient (Wildman–Crippen LogP) is 0.517. The van der Waals surface area contributed by atoms with Gasteiger partial charge in [0.1, 0.15) is 18.0 Å². The molecule has 2 rings (SSSR count). The Bertz CT molecular complexity index is 416. The highest BCUT2D eigenvalue weighted by Gasteiger charge is 2.22. The molecular weight excluding hydrogens is 218 g/mol. The summed E-state index contributed by atoms with van der Waals surface area (Å²) in [7, 11) is 1.80. The van der Waals surface area contributed by atoms with E-state index in [2.05, 4.69) is 25.9 Å². The fraction of sp³-hybridized carbons (Fsp3) is 0.545. The molecule has 1 fully saturated rings. The van der Waals surface area contributed by atoms with Crippen LogP contribution in [-0.2, 0) is 4.79 Å². The number of hydrogen-bond donors (Lipinski definition) is 3. The number of nitrogens with one attached hydrogen (secondary N) is 3. The van der Waals surface area contributed by atoms with Gasteiger partial charge in [0, 0.05) is 18.7 Å². The number of aromatic nitrogens is 2. The van der Waals surface area contributed by atoms with E-state index in [1.807, 2.05) is 6.92 Å². The zero-order valence-electron chi connectivity index (χ0n) is 10.1. The summed E-state index contributed by atoms with van der Waals surface area (Å²) in [6, 6.07) is 0.392. The van der Waals surface area contributed by atoms with Crippen molar-refractivity contribution < 1.29 is 4.79 Å². The fourth-order valence-electron chi connectivity index (χ4n) is 1.55. The third-order valence-electron chi connectivity index (χ3n) is 2.68. The van der Waals surface area contributed by atoms with Gasteiger partial charge >= 0.3 is 0 Å². The summed E-state index contributed by atoms with van der Waals surface area (Å²) in [6.45, 7) is 2.16. The third-order valence-corrected chi connectivity index (χ3v) is 2.68. The van der Waals surface area contributed by atoms with E-state index in [9.17, 15) is 4.79 Å². The maximum atomic E-state index is 11.5. The van der Waals surface area contributed by atoms with Crippen LogP contribution in [0.5, 0.6) is 0 Å². The predicted molar refractivity (Wildman–Crippen MR) is 66.0 cm³/mol. The monoisotopic (exact) mass is 235 g/mol. The maximum absolute atomic E-state index is 11.5. The second kappa shape index (κ2) is 4.99. The molecule has 1 amide bonds. The van der Waals surface area contributed by atoms with Crippen LogP contribution in [0.3, 0.4) is 0 Å². The van der Waals surface area contributed by atoms with E-state index in [4.69, 9.17) is 0 Å². The molecule has 1 heterocycles. The van der Waals surface area contributed by atoms with Gasteiger partial charge in [0.05, 0.1) is 6.54 Å². The van der Waals surface area contributed by atoms with Crippen molar-refractivity contribution in [1.82, 2.24) is 15.3 Å². The molecular formula is C11H17N5O. The Morgan fingerprint density at radius 3 is 2.76 bits per heavy atom. The van der Waals surface area contributed by atoms with Crippen molar-refractivity contribution in [2.45, 2.75) is 25.8 Å². The molecule has 1 saturated carbocycles. The Kier molecular flexibility index (Phi) is 3.41. The molecule has 0 bridgehead atoms. The van der Waals surface area contributed by atoms with E-state index in [1.165, 1.54) is 6.33 Å². The SMILES string of the molecule is CNc1ncnc(NCC(=O)NC2CC2)c1C. The van der Waals surface area contributed by atoms with Crippen LogP contribution in [0.25, 0.3) is 0 Å². The van der Waals surface area contributed by atoms with Gasteiger partial charge < -0.3 is 16.0 Å². The van der Waals surface area contributed by atoms with Crippen LogP contribution in [0.1, 0.15) is 18.4 Å². The minimum Gasteiger partial charge on any atom is -0.373 e. The van der Waals surface area contributed by atoms with Crippen LogP contribution in [0, 0.1) is 6.92 Å². The van der Waals surface area contributed by atoms with Gasteiger partial charge in [-0.05, 0) is 19.8 Å². The number of carbonyl (C=O) groups excluding carboxylic acids is 1. The van der Waals surface area contributed by atoms with Crippen molar-refractivity contribution in [3.63, 3.8) is 0 Å². The van der Waals surface area contributed by atoms with Gasteiger partial charge in [0.25, 0.3) is 0 Å². The molecule has 3 N–H and O–H groups in total. The standard InChI is InChI=1S/C11H17N5O/c1-7-10(12-2)14-6-15-11(7)13-5-9(17)16-8-3-4-8/h6,8H,3-5H2,1-2H3,(H,16,17)(H2,12,13,14,15). The Morgan fingerprint density at radius 2 is 2.12 bits per heavy atom. The number of anilines is 2. The fourth-order valence-corrected chi connectivity index (χ4v) is 1.55. The summed E-state index contributed by atoms with van der Waals surface area (Å²) in [4.78, 5) is 19.7. The number of hydrogen-bond acceptors (Lipinski definition) is 5. The smallest absolute Gasteiger partial charge is 0.239 e. The molecule has 0 unspecified atom stereocenters. The highest BCUT2D eigenvalue weighted by atomic mass is 16.2. The van der Waals surface area contributed by atoms with Crippen LogP contribution in [0.15, 0.2) is 6.33 Å². The maximum Gasteiger partial charge on any atom is 0.239 e. The molecule has 1 aromatic heterocycles. The van der Waals surface area contributed by atoms with Crippen LogP contribution in [0.2, 0.25) is 0 Å². The average molecular weight is 235 g/mol. The van der Waals surface area contributed by atoms with Crippen LogP contribution < -0.4 is 16.0 Å². The summed E-state index contributed by atoms with van der Waals surface area (Å²) >= 11 is 0. The topological polar surface area (TPSA) is 78.9 Å². The number of carbonyl (C=O) groups is 1. The second-order valence-corrected chi connectivity index (χ2v) is 4.14. The average Bonchev–Trinajstić information content (AvgIpc) is 3.11. The normalized spacial score (nSPS) is 14.2. The molecule has 0 spiro atoms. The lowest BCUT2D eigenvalue weighted by molar-refractivity contribution is -0.119. The summed E-state index contributed by atoms with van der Waals surface area (Å²) in [5.74, 6) is 1.47. The lowest BCUT2D eigenvalue weighted by Crippen LogP contribution is -2.31. The molecule has 17 heavy (non-hydrogen) atoms. The van der Waals surface area contributed by atoms with Crippen molar-refractivity contribution >= 4 is 17.5 Å². The molecule has 0 atom stereocenters. The Morgan fingerprint density at radius 1 is 1.41 bits per heavy atom. The highest BCUT2D eigenvalue weighted by Crippen LogP contribution is 2.19. The van der Waals surface area contributed by atoms with Crippen molar-refractivity contribution in [1.29, 1.82) is 0 Å². The van der Waals surface area contributed by atoms with Gasteiger partial charge in [-0.3, -0.25) is 4.79 Å². The largest absolute Gasteiger partial charge is 0.373 e. The number of rotatable bonds is 5. The zero-order chi connectivity index (χ0) is 12.3. The Labute approximate surface area is 100 Å². The van der Waals surface area contributed by atoms with Gasteiger partial charge in [-0.15, -0.1) is 0 Å². The first-order valence-corrected chi connectivity index (χ1v) is 5.73. The first-order chi connectivity index (χ1) is 8.20. The van der Waals surface area contributed by atoms with Crippen LogP contribution in [0.4, 0.5) is 11.6 Å². The quantitative estimate of drug-likeness (QED) is 0.693. The van der Waals surface area contributed by atoms with E-state index in [-0.39, 0.29) is 12.5 Å². The Balaban J connectivity index is 1.91. The Hall–Kier alpha value is -1.85. The van der Waals surface area contributed by atoms with E-state index >= 15 is 0 Å². The third kappa shape index (κ3) is 3.05. The molecule has 6 nitrogen and oxygen atoms in total. The summed E-state index contributed by atoms with van der Waals surface area (Å²) in [6.07, 6.45) is 3.67. The van der Waals surface area contributed by atoms with Gasteiger partial charge in [-0.2, -0.15) is 0 Å². The number of nitrogens with zero attached hydrogens (tertiary/aromatic N) is 2. The number of amides is 1. The molecule has 92 valence electrons. The van der Waals surface area contributed by atoms with E-state index in [1.54, 1.807) is 7.05 Å². The lowest BCUT2D eigenvalue weighted by Gasteiger charge is -2.10. The van der Waals surface area contributed by atoms with Crippen molar-refractivity contribution in [3.8, 4) is 0 Å². The van der Waals surface area contributed by atoms with E-state index < -0.39 is 0 Å². The summed E-state index contributed by atoms with van der Waals surface area (Å²) in [5.41, 5.74) is 0.911. The van der Waals surface area contributed by atoms with Crippen LogP contribution in [-0.4, -0.2) is 35.5 Å². The first kappa shape index (κ1) is 11.6. The molecule has 1 aliphatic carbocycles. The molecule has 1 aliphatic rings. The zero-order valence-corrected chi connectivity index (χ0v) is 10.1. The highest BCUT2D eigenvalue weighted by molar-refractivity contribution is 5.81. The molecule has 0 aromatic carbocycles. The molecule has 0 saturated heterocycles. The van der Waals surface area contributed by atoms with Gasteiger partial charge in [0.2, 0.25) is 5.91 Å². The van der Waals surface area contributed by atoms with Crippen molar-refractivity contribution in [2.24, 2.45) is 0 Å². The minimum atomic E-state index is 0.0107. The van der Waals surface area contributed by atoms with Gasteiger partial charge in [-0.1, -0.05) is 0 Å². The van der Waals surface area contributed by atoms with Crippen LogP contribution >= 0.6 is 0 Å². The van der Waals surface area contributed by atoms with Crippen molar-refractivity contribution in [2.75, 3.05) is 24.2 Å². The van der Waals surface area contributed by atoms with Gasteiger partial charge in [0.15, 0.2) is 0 Å². The minimum absolute atomic E-state index is 0.0107. The lowest BCUT2D eigenvalue weighted by atomic mass is 10.3. The summed E-state index contributed by atoms with van der Waals surface area (Å²) in [5, 5.41) is 8.90. The molecule has 0 radical (unpaired) electrons. The van der Waals surface area contributed by atoms with E-state index in [0.717, 1.165) is 24.2 Å². The molecule has 6 heteroatoms. The molecule has 0 aliphatic heterocycles. The molecule has 1 aromatic rings. The van der Waals surface area contributed by atoms with E-state index in [0.29, 0.717) is 11.9 Å². The summed E-state index contributed by atoms with van der Waals surface area (Å²) < 4.78 is 0. The van der Waals surface area contributed by atoms with Crippen molar-refractivity contribution in [3.05, 3.63) is 11.9 Å². The van der Waals surface area contributed by atoms with Gasteiger partial charge in [-0.25, -0.2) is 9.97 Å². The first-order valence-electron chi connectivity index (χ1n) is 5.73.